The van der Waals surface area contributed by atoms with Crippen molar-refractivity contribution in [1.29, 1.82) is 0 Å². The fourth-order valence-corrected chi connectivity index (χ4v) is 2.72. The van der Waals surface area contributed by atoms with Crippen molar-refractivity contribution < 1.29 is 4.74 Å². The van der Waals surface area contributed by atoms with Crippen molar-refractivity contribution in [2.75, 3.05) is 13.7 Å². The largest absolute Gasteiger partial charge is 0.378 e. The highest BCUT2D eigenvalue weighted by Gasteiger charge is 2.29. The minimum absolute atomic E-state index is 0.596. The monoisotopic (exact) mass is 211 g/mol. The second kappa shape index (κ2) is 5.86. The molecule has 2 heteroatoms. The van der Waals surface area contributed by atoms with Gasteiger partial charge in [-0.3, -0.25) is 0 Å². The normalized spacial score (nSPS) is 28.2. The Bertz CT molecular complexity index is 173. The Balaban J connectivity index is 1.49. The van der Waals surface area contributed by atoms with Crippen LogP contribution in [-0.2, 0) is 4.74 Å². The quantitative estimate of drug-likeness (QED) is 0.654. The fraction of sp³-hybridized carbons (Fsp3) is 1.00. The third-order valence-electron chi connectivity index (χ3n) is 3.88. The highest BCUT2D eigenvalue weighted by atomic mass is 16.5. The average molecular weight is 211 g/mol. The Morgan fingerprint density at radius 3 is 2.73 bits per heavy atom. The molecule has 1 heterocycles. The van der Waals surface area contributed by atoms with E-state index in [1.54, 1.807) is 0 Å². The molecule has 1 aliphatic carbocycles. The molecule has 2 rings (SSSR count). The summed E-state index contributed by atoms with van der Waals surface area (Å²) in [7, 11) is 2.11. The summed E-state index contributed by atoms with van der Waals surface area (Å²) in [6.45, 7) is 1.01. The molecule has 0 aromatic carbocycles. The number of ether oxygens (including phenoxy) is 1. The van der Waals surface area contributed by atoms with Gasteiger partial charge in [-0.2, -0.15) is 0 Å². The number of rotatable bonds is 7. The van der Waals surface area contributed by atoms with Gasteiger partial charge >= 0.3 is 0 Å². The molecule has 2 unspecified atom stereocenters. The Morgan fingerprint density at radius 1 is 1.27 bits per heavy atom. The van der Waals surface area contributed by atoms with Crippen molar-refractivity contribution in [3.8, 4) is 0 Å². The van der Waals surface area contributed by atoms with Crippen molar-refractivity contribution in [1.82, 2.24) is 5.32 Å². The SMILES string of the molecule is CNC(CCCCC1CCCO1)C1CC1. The van der Waals surface area contributed by atoms with Gasteiger partial charge in [0.15, 0.2) is 0 Å². The van der Waals surface area contributed by atoms with Gasteiger partial charge in [-0.15, -0.1) is 0 Å². The Labute approximate surface area is 93.8 Å². The van der Waals surface area contributed by atoms with Crippen molar-refractivity contribution in [3.05, 3.63) is 0 Å². The molecule has 1 saturated carbocycles. The minimum atomic E-state index is 0.596. The van der Waals surface area contributed by atoms with Crippen LogP contribution in [0.4, 0.5) is 0 Å². The first-order valence-electron chi connectivity index (χ1n) is 6.69. The van der Waals surface area contributed by atoms with Crippen molar-refractivity contribution in [2.45, 2.75) is 63.5 Å². The Morgan fingerprint density at radius 2 is 2.13 bits per heavy atom. The first kappa shape index (κ1) is 11.4. The molecule has 2 fully saturated rings. The maximum atomic E-state index is 5.63. The highest BCUT2D eigenvalue weighted by molar-refractivity contribution is 4.85. The molecule has 0 bridgehead atoms. The van der Waals surface area contributed by atoms with E-state index in [2.05, 4.69) is 12.4 Å². The average Bonchev–Trinajstić information content (AvgIpc) is 2.95. The summed E-state index contributed by atoms with van der Waals surface area (Å²) in [5, 5.41) is 3.46. The zero-order valence-corrected chi connectivity index (χ0v) is 10.0. The van der Waals surface area contributed by atoms with Crippen LogP contribution < -0.4 is 5.32 Å². The summed E-state index contributed by atoms with van der Waals surface area (Å²) in [6, 6.07) is 0.800. The second-order valence-electron chi connectivity index (χ2n) is 5.15. The maximum Gasteiger partial charge on any atom is 0.0576 e. The molecule has 0 amide bonds. The molecule has 0 spiro atoms. The lowest BCUT2D eigenvalue weighted by molar-refractivity contribution is 0.101. The predicted octanol–water partition coefficient (Wildman–Crippen LogP) is 2.72. The number of nitrogens with one attached hydrogen (secondary N) is 1. The van der Waals surface area contributed by atoms with Gasteiger partial charge in [0, 0.05) is 12.6 Å². The Kier molecular flexibility index (Phi) is 4.45. The number of hydrogen-bond donors (Lipinski definition) is 1. The van der Waals surface area contributed by atoms with E-state index < -0.39 is 0 Å². The van der Waals surface area contributed by atoms with Gasteiger partial charge < -0.3 is 10.1 Å². The molecule has 2 atom stereocenters. The van der Waals surface area contributed by atoms with Crippen molar-refractivity contribution in [2.24, 2.45) is 5.92 Å². The zero-order chi connectivity index (χ0) is 10.5. The summed E-state index contributed by atoms with van der Waals surface area (Å²) in [5.74, 6) is 0.998. The van der Waals surface area contributed by atoms with Gasteiger partial charge in [0.25, 0.3) is 0 Å². The molecule has 1 N–H and O–H groups in total. The van der Waals surface area contributed by atoms with Crippen molar-refractivity contribution in [3.63, 3.8) is 0 Å². The van der Waals surface area contributed by atoms with Gasteiger partial charge in [0.1, 0.15) is 0 Å². The fourth-order valence-electron chi connectivity index (χ4n) is 2.72. The summed E-state index contributed by atoms with van der Waals surface area (Å²) in [6.07, 6.45) is 11.5. The molecule has 0 aromatic heterocycles. The molecule has 2 nitrogen and oxygen atoms in total. The van der Waals surface area contributed by atoms with E-state index in [0.29, 0.717) is 6.10 Å². The van der Waals surface area contributed by atoms with Gasteiger partial charge in [0.2, 0.25) is 0 Å². The summed E-state index contributed by atoms with van der Waals surface area (Å²) in [4.78, 5) is 0. The van der Waals surface area contributed by atoms with Crippen LogP contribution in [0.25, 0.3) is 0 Å². The van der Waals surface area contributed by atoms with E-state index in [1.807, 2.05) is 0 Å². The lowest BCUT2D eigenvalue weighted by Gasteiger charge is -2.15. The minimum Gasteiger partial charge on any atom is -0.378 e. The first-order valence-corrected chi connectivity index (χ1v) is 6.69. The van der Waals surface area contributed by atoms with Crippen LogP contribution in [-0.4, -0.2) is 25.8 Å². The van der Waals surface area contributed by atoms with Crippen LogP contribution in [0.2, 0.25) is 0 Å². The molecular weight excluding hydrogens is 186 g/mol. The van der Waals surface area contributed by atoms with Gasteiger partial charge in [-0.25, -0.2) is 0 Å². The molecule has 88 valence electrons. The van der Waals surface area contributed by atoms with E-state index >= 15 is 0 Å². The van der Waals surface area contributed by atoms with Crippen LogP contribution in [0.3, 0.4) is 0 Å². The van der Waals surface area contributed by atoms with Crippen LogP contribution in [0.1, 0.15) is 51.4 Å². The van der Waals surface area contributed by atoms with Crippen LogP contribution >= 0.6 is 0 Å². The summed E-state index contributed by atoms with van der Waals surface area (Å²) < 4.78 is 5.63. The van der Waals surface area contributed by atoms with Gasteiger partial charge in [-0.05, 0) is 51.5 Å². The van der Waals surface area contributed by atoms with Crippen molar-refractivity contribution >= 4 is 0 Å². The molecule has 15 heavy (non-hydrogen) atoms. The van der Waals surface area contributed by atoms with Crippen LogP contribution in [0.15, 0.2) is 0 Å². The predicted molar refractivity (Wildman–Crippen MR) is 63.0 cm³/mol. The van der Waals surface area contributed by atoms with Crippen LogP contribution in [0.5, 0.6) is 0 Å². The molecule has 2 aliphatic rings. The zero-order valence-electron chi connectivity index (χ0n) is 10.0. The standard InChI is InChI=1S/C13H25NO/c1-14-13(11-8-9-11)7-3-2-5-12-6-4-10-15-12/h11-14H,2-10H2,1H3. The van der Waals surface area contributed by atoms with Gasteiger partial charge in [0.05, 0.1) is 6.10 Å². The molecule has 0 aromatic rings. The summed E-state index contributed by atoms with van der Waals surface area (Å²) >= 11 is 0. The van der Waals surface area contributed by atoms with E-state index in [0.717, 1.165) is 18.6 Å². The second-order valence-corrected chi connectivity index (χ2v) is 5.15. The number of unbranched alkanes of at least 4 members (excludes halogenated alkanes) is 1. The van der Waals surface area contributed by atoms with Gasteiger partial charge in [-0.1, -0.05) is 12.8 Å². The maximum absolute atomic E-state index is 5.63. The Hall–Kier alpha value is -0.0800. The molecular formula is C13H25NO. The highest BCUT2D eigenvalue weighted by Crippen LogP contribution is 2.34. The smallest absolute Gasteiger partial charge is 0.0576 e. The van der Waals surface area contributed by atoms with E-state index in [4.69, 9.17) is 4.74 Å². The lowest BCUT2D eigenvalue weighted by Crippen LogP contribution is -2.27. The van der Waals surface area contributed by atoms with E-state index in [1.165, 1.54) is 51.4 Å². The lowest BCUT2D eigenvalue weighted by atomic mass is 10.0. The molecule has 1 aliphatic heterocycles. The third-order valence-corrected chi connectivity index (χ3v) is 3.88. The van der Waals surface area contributed by atoms with E-state index in [9.17, 15) is 0 Å². The third kappa shape index (κ3) is 3.76. The number of hydrogen-bond acceptors (Lipinski definition) is 2. The first-order chi connectivity index (χ1) is 7.40. The molecule has 1 saturated heterocycles. The van der Waals surface area contributed by atoms with Crippen LogP contribution in [0, 0.1) is 5.92 Å². The molecule has 0 radical (unpaired) electrons. The van der Waals surface area contributed by atoms with E-state index in [-0.39, 0.29) is 0 Å². The summed E-state index contributed by atoms with van der Waals surface area (Å²) in [5.41, 5.74) is 0. The topological polar surface area (TPSA) is 21.3 Å².